The number of amides is 1. The number of carbonyl (C=O) groups is 1. The Morgan fingerprint density at radius 3 is 2.87 bits per heavy atom. The van der Waals surface area contributed by atoms with Crippen LogP contribution in [0, 0.1) is 5.41 Å². The first-order chi connectivity index (χ1) is 11.0. The second-order valence-corrected chi connectivity index (χ2v) is 7.39. The number of hydrogen-bond acceptors (Lipinski definition) is 4. The minimum Gasteiger partial charge on any atom is -0.308 e. The summed E-state index contributed by atoms with van der Waals surface area (Å²) in [6, 6.07) is 3.99. The molecule has 0 aliphatic rings. The molecule has 3 aromatic rings. The molecule has 122 valence electrons. The van der Waals surface area contributed by atoms with E-state index in [4.69, 9.17) is 0 Å². The first-order valence-electron chi connectivity index (χ1n) is 8.03. The number of carbonyl (C=O) groups excluding carboxylic acids is 1. The monoisotopic (exact) mass is 330 g/mol. The third-order valence-electron chi connectivity index (χ3n) is 4.16. The zero-order valence-electron chi connectivity index (χ0n) is 14.0. The Kier molecular flexibility index (Phi) is 4.10. The molecule has 0 atom stereocenters. The number of pyridine rings is 1. The highest BCUT2D eigenvalue weighted by atomic mass is 32.1. The van der Waals surface area contributed by atoms with Crippen LogP contribution >= 0.6 is 11.3 Å². The lowest BCUT2D eigenvalue weighted by Crippen LogP contribution is -2.30. The third kappa shape index (κ3) is 2.72. The number of rotatable bonds is 5. The number of thiophene rings is 1. The highest BCUT2D eigenvalue weighted by Gasteiger charge is 2.28. The normalized spacial score (nSPS) is 12.2. The fraction of sp³-hybridized carbons (Fsp3) is 0.471. The van der Waals surface area contributed by atoms with Gasteiger partial charge in [0.05, 0.1) is 10.2 Å². The van der Waals surface area contributed by atoms with Crippen LogP contribution in [-0.2, 0) is 11.3 Å². The zero-order valence-corrected chi connectivity index (χ0v) is 14.8. The van der Waals surface area contributed by atoms with Gasteiger partial charge in [-0.25, -0.2) is 4.98 Å². The Morgan fingerprint density at radius 1 is 1.39 bits per heavy atom. The lowest BCUT2D eigenvalue weighted by atomic mass is 9.87. The van der Waals surface area contributed by atoms with E-state index in [1.165, 1.54) is 0 Å². The molecular formula is C17H22N4OS. The van der Waals surface area contributed by atoms with E-state index in [1.807, 2.05) is 24.6 Å². The summed E-state index contributed by atoms with van der Waals surface area (Å²) < 4.78 is 2.94. The molecule has 6 heteroatoms. The Morgan fingerprint density at radius 2 is 2.17 bits per heavy atom. The van der Waals surface area contributed by atoms with E-state index >= 15 is 0 Å². The van der Waals surface area contributed by atoms with Crippen molar-refractivity contribution in [1.29, 1.82) is 0 Å². The van der Waals surface area contributed by atoms with Gasteiger partial charge < -0.3 is 5.32 Å². The highest BCUT2D eigenvalue weighted by molar-refractivity contribution is 7.26. The van der Waals surface area contributed by atoms with Gasteiger partial charge in [0.1, 0.15) is 4.83 Å². The van der Waals surface area contributed by atoms with E-state index in [9.17, 15) is 4.79 Å². The summed E-state index contributed by atoms with van der Waals surface area (Å²) in [7, 11) is 0. The summed E-state index contributed by atoms with van der Waals surface area (Å²) >= 11 is 1.58. The maximum Gasteiger partial charge on any atom is 0.231 e. The molecule has 0 spiro atoms. The first kappa shape index (κ1) is 15.9. The molecule has 0 bridgehead atoms. The minimum absolute atomic E-state index is 0.0208. The smallest absolute Gasteiger partial charge is 0.231 e. The molecule has 23 heavy (non-hydrogen) atoms. The minimum atomic E-state index is -0.397. The van der Waals surface area contributed by atoms with Crippen LogP contribution in [0.15, 0.2) is 18.3 Å². The summed E-state index contributed by atoms with van der Waals surface area (Å²) in [5.41, 5.74) is 0.663. The highest BCUT2D eigenvalue weighted by Crippen LogP contribution is 2.37. The third-order valence-corrected chi connectivity index (χ3v) is 5.26. The van der Waals surface area contributed by atoms with Gasteiger partial charge in [-0.1, -0.05) is 27.2 Å². The van der Waals surface area contributed by atoms with E-state index < -0.39 is 5.41 Å². The fourth-order valence-electron chi connectivity index (χ4n) is 2.88. The zero-order chi connectivity index (χ0) is 16.6. The molecule has 1 N–H and O–H groups in total. The SMILES string of the molecule is CCCC(C)(C)C(=O)Nc1nn(CC)c2c1sc1ncccc12. The van der Waals surface area contributed by atoms with Crippen molar-refractivity contribution in [3.8, 4) is 0 Å². The lowest BCUT2D eigenvalue weighted by Gasteiger charge is -2.22. The molecule has 0 fully saturated rings. The summed E-state index contributed by atoms with van der Waals surface area (Å²) in [4.78, 5) is 18.0. The Labute approximate surface area is 139 Å². The second-order valence-electron chi connectivity index (χ2n) is 6.39. The number of anilines is 1. The molecule has 0 unspecified atom stereocenters. The maximum atomic E-state index is 12.6. The van der Waals surface area contributed by atoms with Gasteiger partial charge in [-0.3, -0.25) is 9.48 Å². The summed E-state index contributed by atoms with van der Waals surface area (Å²) in [6.45, 7) is 8.86. The number of aromatic nitrogens is 3. The van der Waals surface area contributed by atoms with Gasteiger partial charge in [-0.2, -0.15) is 5.10 Å². The summed E-state index contributed by atoms with van der Waals surface area (Å²) in [5, 5.41) is 8.73. The fourth-order valence-corrected chi connectivity index (χ4v) is 3.96. The Bertz CT molecular complexity index is 862. The molecule has 0 aliphatic heterocycles. The lowest BCUT2D eigenvalue weighted by molar-refractivity contribution is -0.124. The van der Waals surface area contributed by atoms with Crippen LogP contribution in [0.25, 0.3) is 20.4 Å². The molecular weight excluding hydrogens is 308 g/mol. The Hall–Kier alpha value is -1.95. The first-order valence-corrected chi connectivity index (χ1v) is 8.85. The largest absolute Gasteiger partial charge is 0.308 e. The van der Waals surface area contributed by atoms with E-state index in [0.717, 1.165) is 39.8 Å². The number of nitrogens with one attached hydrogen (secondary N) is 1. The van der Waals surface area contributed by atoms with E-state index in [1.54, 1.807) is 17.5 Å². The average Bonchev–Trinajstić information content (AvgIpc) is 3.05. The van der Waals surface area contributed by atoms with Gasteiger partial charge in [0.25, 0.3) is 0 Å². The van der Waals surface area contributed by atoms with Crippen molar-refractivity contribution in [3.05, 3.63) is 18.3 Å². The number of fused-ring (bicyclic) bond motifs is 3. The molecule has 0 aliphatic carbocycles. The standard InChI is InChI=1S/C17H22N4OS/c1-5-9-17(3,4)16(22)19-14-13-12(21(6-2)20-14)11-8-7-10-18-15(11)23-13/h7-8,10H,5-6,9H2,1-4H3,(H,19,20,22). The van der Waals surface area contributed by atoms with Gasteiger partial charge in [-0.15, -0.1) is 11.3 Å². The van der Waals surface area contributed by atoms with Crippen LogP contribution in [0.5, 0.6) is 0 Å². The van der Waals surface area contributed by atoms with Gasteiger partial charge in [0.2, 0.25) is 5.91 Å². The van der Waals surface area contributed by atoms with Crippen molar-refractivity contribution < 1.29 is 4.79 Å². The van der Waals surface area contributed by atoms with Crippen LogP contribution in [0.3, 0.4) is 0 Å². The van der Waals surface area contributed by atoms with Gasteiger partial charge >= 0.3 is 0 Å². The molecule has 0 saturated heterocycles. The van der Waals surface area contributed by atoms with Gasteiger partial charge in [0, 0.05) is 23.5 Å². The van der Waals surface area contributed by atoms with Gasteiger partial charge in [-0.05, 0) is 25.5 Å². The van der Waals surface area contributed by atoms with Crippen molar-refractivity contribution in [2.75, 3.05) is 5.32 Å². The van der Waals surface area contributed by atoms with Crippen molar-refractivity contribution in [2.24, 2.45) is 5.41 Å². The van der Waals surface area contributed by atoms with Crippen LogP contribution < -0.4 is 5.32 Å². The Balaban J connectivity index is 2.06. The molecule has 3 heterocycles. The number of hydrogen-bond donors (Lipinski definition) is 1. The van der Waals surface area contributed by atoms with Gasteiger partial charge in [0.15, 0.2) is 5.82 Å². The second kappa shape index (κ2) is 5.92. The van der Waals surface area contributed by atoms with Crippen LogP contribution in [-0.4, -0.2) is 20.7 Å². The molecule has 3 aromatic heterocycles. The quantitative estimate of drug-likeness (QED) is 0.753. The van der Waals surface area contributed by atoms with E-state index in [-0.39, 0.29) is 5.91 Å². The van der Waals surface area contributed by atoms with Crippen LogP contribution in [0.2, 0.25) is 0 Å². The summed E-state index contributed by atoms with van der Waals surface area (Å²) in [6.07, 6.45) is 3.63. The predicted molar refractivity (Wildman–Crippen MR) is 95.9 cm³/mol. The van der Waals surface area contributed by atoms with E-state index in [2.05, 4.69) is 35.3 Å². The van der Waals surface area contributed by atoms with E-state index in [0.29, 0.717) is 5.82 Å². The molecule has 0 saturated carbocycles. The molecule has 1 amide bonds. The molecule has 3 rings (SSSR count). The van der Waals surface area contributed by atoms with Crippen LogP contribution in [0.1, 0.15) is 40.5 Å². The van der Waals surface area contributed by atoms with Crippen molar-refractivity contribution >= 4 is 43.5 Å². The predicted octanol–water partition coefficient (Wildman–Crippen LogP) is 4.43. The average molecular weight is 330 g/mol. The van der Waals surface area contributed by atoms with Crippen molar-refractivity contribution in [1.82, 2.24) is 14.8 Å². The number of aryl methyl sites for hydroxylation is 1. The summed E-state index contributed by atoms with van der Waals surface area (Å²) in [5.74, 6) is 0.673. The number of nitrogens with zero attached hydrogens (tertiary/aromatic N) is 3. The molecule has 0 radical (unpaired) electrons. The maximum absolute atomic E-state index is 12.6. The van der Waals surface area contributed by atoms with Crippen molar-refractivity contribution in [3.63, 3.8) is 0 Å². The van der Waals surface area contributed by atoms with Crippen LogP contribution in [0.4, 0.5) is 5.82 Å². The van der Waals surface area contributed by atoms with Crippen molar-refractivity contribution in [2.45, 2.75) is 47.1 Å². The molecule has 0 aromatic carbocycles. The molecule has 5 nitrogen and oxygen atoms in total. The topological polar surface area (TPSA) is 59.8 Å².